The molecule has 2 aromatic rings. The lowest BCUT2D eigenvalue weighted by Crippen LogP contribution is -2.30. The Balaban J connectivity index is 2.43. The van der Waals surface area contributed by atoms with E-state index in [1.165, 1.54) is 22.5 Å². The maximum absolute atomic E-state index is 12.7. The summed E-state index contributed by atoms with van der Waals surface area (Å²) >= 11 is 15.6. The molecule has 0 bridgehead atoms. The van der Waals surface area contributed by atoms with E-state index in [1.807, 2.05) is 0 Å². The predicted molar refractivity (Wildman–Crippen MR) is 110 cm³/mol. The zero-order valence-electron chi connectivity index (χ0n) is 14.9. The number of nitrogens with zero attached hydrogens (tertiary/aromatic N) is 1. The zero-order chi connectivity index (χ0) is 20.4. The molecule has 0 aliphatic rings. The average Bonchev–Trinajstić information content (AvgIpc) is 2.58. The molecule has 0 aromatic heterocycles. The van der Waals surface area contributed by atoms with Crippen molar-refractivity contribution in [3.05, 3.63) is 56.0 Å². The van der Waals surface area contributed by atoms with E-state index in [0.717, 1.165) is 4.47 Å². The number of ether oxygens (including phenoxy) is 1. The van der Waals surface area contributed by atoms with Crippen LogP contribution in [0.15, 0.2) is 39.7 Å². The highest BCUT2D eigenvalue weighted by atomic mass is 79.9. The number of carbonyl (C=O) groups is 1. The second-order valence-corrected chi connectivity index (χ2v) is 9.32. The summed E-state index contributed by atoms with van der Waals surface area (Å²) in [6.45, 7) is 5.85. The maximum Gasteiger partial charge on any atom is 0.345 e. The molecule has 0 aliphatic heterocycles. The van der Waals surface area contributed by atoms with Crippen molar-refractivity contribution in [1.82, 2.24) is 4.31 Å². The molecule has 27 heavy (non-hydrogen) atoms. The quantitative estimate of drug-likeness (QED) is 0.403. The number of carbonyl (C=O) groups excluding carboxylic acids is 1. The van der Waals surface area contributed by atoms with Gasteiger partial charge in [-0.1, -0.05) is 53.0 Å². The van der Waals surface area contributed by atoms with Crippen molar-refractivity contribution >= 4 is 55.1 Å². The van der Waals surface area contributed by atoms with Crippen molar-refractivity contribution in [2.75, 3.05) is 13.1 Å². The molecule has 0 fully saturated rings. The number of rotatable bonds is 6. The Morgan fingerprint density at radius 3 is 2.30 bits per heavy atom. The van der Waals surface area contributed by atoms with Crippen LogP contribution in [0.3, 0.4) is 0 Å². The van der Waals surface area contributed by atoms with Gasteiger partial charge in [0.25, 0.3) is 0 Å². The largest absolute Gasteiger partial charge is 0.421 e. The SMILES string of the molecule is CCN(CC)S(=O)(=O)c1ccc(Cl)c(C(=O)Oc2c(C)cc(Br)cc2Cl)c1. The summed E-state index contributed by atoms with van der Waals surface area (Å²) in [5, 5.41) is 0.336. The number of esters is 1. The van der Waals surface area contributed by atoms with Crippen LogP contribution in [0.5, 0.6) is 5.75 Å². The van der Waals surface area contributed by atoms with E-state index in [1.54, 1.807) is 32.9 Å². The minimum absolute atomic E-state index is 0.0267. The molecule has 2 rings (SSSR count). The van der Waals surface area contributed by atoms with Gasteiger partial charge in [-0.3, -0.25) is 0 Å². The van der Waals surface area contributed by atoms with Crippen LogP contribution in [-0.4, -0.2) is 31.8 Å². The number of sulfonamides is 1. The summed E-state index contributed by atoms with van der Waals surface area (Å²) in [6, 6.07) is 7.30. The van der Waals surface area contributed by atoms with Crippen LogP contribution in [0, 0.1) is 6.92 Å². The van der Waals surface area contributed by atoms with Gasteiger partial charge in [-0.15, -0.1) is 0 Å². The molecular weight excluding hydrogens is 477 g/mol. The first-order valence-electron chi connectivity index (χ1n) is 8.09. The monoisotopic (exact) mass is 493 g/mol. The third kappa shape index (κ3) is 4.84. The Morgan fingerprint density at radius 1 is 1.11 bits per heavy atom. The Morgan fingerprint density at radius 2 is 1.74 bits per heavy atom. The first-order valence-corrected chi connectivity index (χ1v) is 11.1. The lowest BCUT2D eigenvalue weighted by molar-refractivity contribution is 0.0733. The molecule has 2 aromatic carbocycles. The second-order valence-electron chi connectivity index (χ2n) is 5.65. The minimum Gasteiger partial charge on any atom is -0.421 e. The molecular formula is C18H18BrCl2NO4S. The summed E-state index contributed by atoms with van der Waals surface area (Å²) < 4.78 is 32.8. The number of hydrogen-bond acceptors (Lipinski definition) is 4. The lowest BCUT2D eigenvalue weighted by atomic mass is 10.2. The third-order valence-electron chi connectivity index (χ3n) is 3.89. The molecule has 0 atom stereocenters. The lowest BCUT2D eigenvalue weighted by Gasteiger charge is -2.19. The number of benzene rings is 2. The van der Waals surface area contributed by atoms with Crippen molar-refractivity contribution in [3.8, 4) is 5.75 Å². The predicted octanol–water partition coefficient (Wildman–Crippen LogP) is 5.31. The molecule has 0 unspecified atom stereocenters. The molecule has 0 radical (unpaired) electrons. The van der Waals surface area contributed by atoms with Crippen LogP contribution in [0.25, 0.3) is 0 Å². The van der Waals surface area contributed by atoms with E-state index in [-0.39, 0.29) is 26.3 Å². The molecule has 0 saturated carbocycles. The molecule has 0 amide bonds. The smallest absolute Gasteiger partial charge is 0.345 e. The van der Waals surface area contributed by atoms with Crippen molar-refractivity contribution in [1.29, 1.82) is 0 Å². The Hall–Kier alpha value is -1.12. The van der Waals surface area contributed by atoms with Crippen LogP contribution in [0.4, 0.5) is 0 Å². The van der Waals surface area contributed by atoms with Crippen LogP contribution in [0.1, 0.15) is 29.8 Å². The first-order chi connectivity index (χ1) is 12.6. The van der Waals surface area contributed by atoms with Gasteiger partial charge in [0.2, 0.25) is 10.0 Å². The topological polar surface area (TPSA) is 63.7 Å². The van der Waals surface area contributed by atoms with Crippen molar-refractivity contribution in [2.45, 2.75) is 25.7 Å². The summed E-state index contributed by atoms with van der Waals surface area (Å²) in [5.74, 6) is -0.596. The fourth-order valence-electron chi connectivity index (χ4n) is 2.50. The number of aryl methyl sites for hydroxylation is 1. The first kappa shape index (κ1) is 22.2. The van der Waals surface area contributed by atoms with Crippen LogP contribution < -0.4 is 4.74 Å². The molecule has 0 heterocycles. The fraction of sp³-hybridized carbons (Fsp3) is 0.278. The van der Waals surface area contributed by atoms with E-state index in [4.69, 9.17) is 27.9 Å². The van der Waals surface area contributed by atoms with E-state index in [2.05, 4.69) is 15.9 Å². The molecule has 5 nitrogen and oxygen atoms in total. The number of hydrogen-bond donors (Lipinski definition) is 0. The molecule has 0 saturated heterocycles. The summed E-state index contributed by atoms with van der Waals surface area (Å²) in [7, 11) is -3.73. The zero-order valence-corrected chi connectivity index (χ0v) is 18.8. The van der Waals surface area contributed by atoms with Gasteiger partial charge in [0.05, 0.1) is 20.5 Å². The third-order valence-corrected chi connectivity index (χ3v) is 7.00. The van der Waals surface area contributed by atoms with Crippen LogP contribution in [0.2, 0.25) is 10.0 Å². The van der Waals surface area contributed by atoms with Crippen molar-refractivity contribution in [3.63, 3.8) is 0 Å². The van der Waals surface area contributed by atoms with Gasteiger partial charge in [-0.2, -0.15) is 4.31 Å². The van der Waals surface area contributed by atoms with Gasteiger partial charge in [-0.05, 0) is 42.8 Å². The van der Waals surface area contributed by atoms with E-state index in [9.17, 15) is 13.2 Å². The molecule has 0 spiro atoms. The van der Waals surface area contributed by atoms with Gasteiger partial charge >= 0.3 is 5.97 Å². The fourth-order valence-corrected chi connectivity index (χ4v) is 5.19. The van der Waals surface area contributed by atoms with Gasteiger partial charge in [0.1, 0.15) is 0 Å². The summed E-state index contributed by atoms with van der Waals surface area (Å²) in [4.78, 5) is 12.6. The highest BCUT2D eigenvalue weighted by molar-refractivity contribution is 9.10. The molecule has 0 N–H and O–H groups in total. The van der Waals surface area contributed by atoms with Gasteiger partial charge < -0.3 is 4.74 Å². The van der Waals surface area contributed by atoms with Gasteiger partial charge in [-0.25, -0.2) is 13.2 Å². The van der Waals surface area contributed by atoms with E-state index < -0.39 is 16.0 Å². The van der Waals surface area contributed by atoms with Crippen LogP contribution in [-0.2, 0) is 10.0 Å². The van der Waals surface area contributed by atoms with E-state index >= 15 is 0 Å². The Kier molecular flexibility index (Phi) is 7.33. The normalized spacial score (nSPS) is 11.7. The molecule has 146 valence electrons. The highest BCUT2D eigenvalue weighted by Crippen LogP contribution is 2.33. The van der Waals surface area contributed by atoms with Gasteiger partial charge in [0, 0.05) is 17.6 Å². The standard InChI is InChI=1S/C18H18BrCl2NO4S/c1-4-22(5-2)27(24,25)13-6-7-15(20)14(10-13)18(23)26-17-11(3)8-12(19)9-16(17)21/h6-10H,4-5H2,1-3H3. The Labute approximate surface area is 177 Å². The Bertz CT molecular complexity index is 952. The molecule has 9 heteroatoms. The second kappa shape index (κ2) is 8.92. The molecule has 0 aliphatic carbocycles. The number of halogens is 3. The van der Waals surface area contributed by atoms with Crippen molar-refractivity contribution in [2.24, 2.45) is 0 Å². The van der Waals surface area contributed by atoms with Crippen LogP contribution >= 0.6 is 39.1 Å². The highest BCUT2D eigenvalue weighted by Gasteiger charge is 2.25. The minimum atomic E-state index is -3.73. The average molecular weight is 495 g/mol. The summed E-state index contributed by atoms with van der Waals surface area (Å²) in [6.07, 6.45) is 0. The van der Waals surface area contributed by atoms with E-state index in [0.29, 0.717) is 18.7 Å². The van der Waals surface area contributed by atoms with Gasteiger partial charge in [0.15, 0.2) is 5.75 Å². The summed E-state index contributed by atoms with van der Waals surface area (Å²) in [5.41, 5.74) is 0.592. The van der Waals surface area contributed by atoms with Crippen molar-refractivity contribution < 1.29 is 17.9 Å². The maximum atomic E-state index is 12.7.